The highest BCUT2D eigenvalue weighted by atomic mass is 16.7. The summed E-state index contributed by atoms with van der Waals surface area (Å²) < 4.78 is 16.7. The lowest BCUT2D eigenvalue weighted by atomic mass is 9.99. The minimum atomic E-state index is -1.58. The van der Waals surface area contributed by atoms with Gasteiger partial charge in [0.2, 0.25) is 5.91 Å². The first-order chi connectivity index (χ1) is 40.2. The summed E-state index contributed by atoms with van der Waals surface area (Å²) >= 11 is 0. The molecule has 82 heavy (non-hydrogen) atoms. The molecule has 1 aliphatic heterocycles. The van der Waals surface area contributed by atoms with Gasteiger partial charge in [0.1, 0.15) is 24.4 Å². The van der Waals surface area contributed by atoms with E-state index >= 15 is 0 Å². The third-order valence-corrected chi connectivity index (χ3v) is 16.1. The van der Waals surface area contributed by atoms with Gasteiger partial charge in [0.05, 0.1) is 32.0 Å². The number of esters is 1. The van der Waals surface area contributed by atoms with Crippen molar-refractivity contribution in [3.8, 4) is 0 Å². The van der Waals surface area contributed by atoms with Gasteiger partial charge < -0.3 is 45.1 Å². The van der Waals surface area contributed by atoms with Gasteiger partial charge >= 0.3 is 5.97 Å². The second-order valence-electron chi connectivity index (χ2n) is 23.9. The van der Waals surface area contributed by atoms with Crippen LogP contribution in [0.15, 0.2) is 60.8 Å². The molecule has 0 spiro atoms. The molecule has 0 radical (unpaired) electrons. The molecule has 7 unspecified atom stereocenters. The summed E-state index contributed by atoms with van der Waals surface area (Å²) in [5.74, 6) is -0.198. The Balaban J connectivity index is 1.92. The van der Waals surface area contributed by atoms with Gasteiger partial charge in [-0.25, -0.2) is 0 Å². The highest BCUT2D eigenvalue weighted by Crippen LogP contribution is 2.23. The number of amides is 1. The van der Waals surface area contributed by atoms with E-state index in [9.17, 15) is 35.1 Å². The number of aliphatic hydroxyl groups excluding tert-OH is 5. The Bertz CT molecular complexity index is 1550. The van der Waals surface area contributed by atoms with Crippen molar-refractivity contribution in [3.05, 3.63) is 60.8 Å². The number of allylic oxidation sites excluding steroid dienone is 9. The summed E-state index contributed by atoms with van der Waals surface area (Å²) in [5, 5.41) is 54.2. The summed E-state index contributed by atoms with van der Waals surface area (Å²) in [6.07, 6.45) is 69.6. The Morgan fingerprint density at radius 2 is 0.841 bits per heavy atom. The molecular formula is C71H129NO10. The average Bonchev–Trinajstić information content (AvgIpc) is 3.53. The highest BCUT2D eigenvalue weighted by Gasteiger charge is 2.44. The zero-order chi connectivity index (χ0) is 59.5. The molecule has 1 fully saturated rings. The molecule has 0 aromatic rings. The third kappa shape index (κ3) is 48.6. The molecule has 1 saturated heterocycles. The fourth-order valence-corrected chi connectivity index (χ4v) is 10.7. The summed E-state index contributed by atoms with van der Waals surface area (Å²) in [4.78, 5) is 25.1. The Labute approximate surface area is 503 Å². The van der Waals surface area contributed by atoms with Gasteiger partial charge in [0.25, 0.3) is 0 Å². The van der Waals surface area contributed by atoms with Crippen molar-refractivity contribution in [3.63, 3.8) is 0 Å². The molecule has 1 heterocycles. The maximum Gasteiger partial charge on any atom is 0.305 e. The molecule has 1 rings (SSSR count). The van der Waals surface area contributed by atoms with E-state index in [0.717, 1.165) is 64.2 Å². The van der Waals surface area contributed by atoms with Gasteiger partial charge in [0.15, 0.2) is 6.29 Å². The molecule has 0 saturated carbocycles. The molecule has 1 aliphatic rings. The Morgan fingerprint density at radius 3 is 1.28 bits per heavy atom. The first kappa shape index (κ1) is 77.4. The lowest BCUT2D eigenvalue weighted by Gasteiger charge is -2.40. The van der Waals surface area contributed by atoms with Crippen molar-refractivity contribution in [2.45, 2.75) is 358 Å². The summed E-state index contributed by atoms with van der Waals surface area (Å²) in [6, 6.07) is -0.833. The summed E-state index contributed by atoms with van der Waals surface area (Å²) in [6.45, 7) is 4.10. The van der Waals surface area contributed by atoms with E-state index in [2.05, 4.69) is 54.8 Å². The molecule has 0 aliphatic carbocycles. The van der Waals surface area contributed by atoms with Crippen LogP contribution in [-0.4, -0.2) is 100 Å². The number of carbonyl (C=O) groups is 2. The van der Waals surface area contributed by atoms with Crippen LogP contribution in [0.1, 0.15) is 316 Å². The van der Waals surface area contributed by atoms with Crippen LogP contribution in [0.2, 0.25) is 0 Å². The molecular weight excluding hydrogens is 1030 g/mol. The van der Waals surface area contributed by atoms with Gasteiger partial charge in [-0.05, 0) is 103 Å². The topological polar surface area (TPSA) is 175 Å². The largest absolute Gasteiger partial charge is 0.466 e. The zero-order valence-electron chi connectivity index (χ0n) is 52.9. The van der Waals surface area contributed by atoms with Crippen molar-refractivity contribution in [1.82, 2.24) is 5.32 Å². The van der Waals surface area contributed by atoms with Gasteiger partial charge in [-0.3, -0.25) is 9.59 Å². The number of aliphatic hydroxyl groups is 5. The first-order valence-electron chi connectivity index (χ1n) is 34.5. The van der Waals surface area contributed by atoms with Crippen molar-refractivity contribution >= 4 is 11.9 Å². The average molecular weight is 1160 g/mol. The predicted octanol–water partition coefficient (Wildman–Crippen LogP) is 17.3. The quantitative estimate of drug-likeness (QED) is 0.0195. The minimum absolute atomic E-state index is 0.0000897. The maximum absolute atomic E-state index is 13.0. The van der Waals surface area contributed by atoms with Gasteiger partial charge in [-0.2, -0.15) is 0 Å². The smallest absolute Gasteiger partial charge is 0.305 e. The van der Waals surface area contributed by atoms with Crippen LogP contribution in [-0.2, 0) is 23.8 Å². The van der Waals surface area contributed by atoms with Crippen molar-refractivity contribution < 1.29 is 49.3 Å². The van der Waals surface area contributed by atoms with E-state index < -0.39 is 49.5 Å². The third-order valence-electron chi connectivity index (χ3n) is 16.1. The molecule has 1 amide bonds. The molecule has 0 bridgehead atoms. The van der Waals surface area contributed by atoms with Crippen LogP contribution in [0.4, 0.5) is 0 Å². The van der Waals surface area contributed by atoms with Crippen LogP contribution in [0, 0.1) is 0 Å². The second-order valence-corrected chi connectivity index (χ2v) is 23.9. The normalized spacial score (nSPS) is 18.5. The molecule has 11 heteroatoms. The molecule has 0 aromatic heterocycles. The van der Waals surface area contributed by atoms with Crippen LogP contribution in [0.5, 0.6) is 0 Å². The lowest BCUT2D eigenvalue weighted by Crippen LogP contribution is -2.60. The Kier molecular flexibility index (Phi) is 56.7. The van der Waals surface area contributed by atoms with Crippen LogP contribution in [0.25, 0.3) is 0 Å². The molecule has 7 atom stereocenters. The van der Waals surface area contributed by atoms with E-state index in [1.165, 1.54) is 225 Å². The SMILES string of the molecule is C/C=C/CC/C=C/CC/C=C/C(O)C(COC1OC(CO)C(O)C(O)C1O)NC(=O)CCCCCCCCCCCCCCCC/C=C\CCCCCCCCCCCCCCOC(=O)CCCCCCC/C=C\CCCCCCCC. The standard InChI is InChI=1S/C71H129NO10/c1-3-5-7-9-11-13-14-15-32-36-39-43-47-51-55-59-67(76)80-60-56-52-48-44-40-37-34-31-29-27-25-23-21-19-17-16-18-20-22-24-26-28-30-33-35-38-42-46-50-54-58-66(75)72-63(64(74)57-53-49-45-41-12-10-8-6-4-2)62-81-71-70(79)69(78)68(77)65(61-73)82-71/h4,6,12,15,17,19,32,41,53,57,63-65,68-71,73-74,77-79H,3,5,7-11,13-14,16,18,20-31,33-40,42-52,54-56,58-62H2,1-2H3,(H,72,75)/b6-4+,19-17-,32-15-,41-12+,57-53+. The number of unbranched alkanes of at least 4 members (excludes halogenated alkanes) is 39. The molecule has 0 aromatic carbocycles. The van der Waals surface area contributed by atoms with Gasteiger partial charge in [-0.15, -0.1) is 0 Å². The summed E-state index contributed by atoms with van der Waals surface area (Å²) in [7, 11) is 0. The number of carbonyl (C=O) groups excluding carboxylic acids is 2. The number of hydrogen-bond donors (Lipinski definition) is 6. The number of hydrogen-bond acceptors (Lipinski definition) is 10. The van der Waals surface area contributed by atoms with E-state index in [0.29, 0.717) is 19.4 Å². The van der Waals surface area contributed by atoms with Crippen LogP contribution in [0.3, 0.4) is 0 Å². The fraction of sp³-hybridized carbons (Fsp3) is 0.831. The van der Waals surface area contributed by atoms with Gasteiger partial charge in [0, 0.05) is 12.8 Å². The van der Waals surface area contributed by atoms with Crippen molar-refractivity contribution in [2.75, 3.05) is 19.8 Å². The molecule has 6 N–H and O–H groups in total. The molecule has 478 valence electrons. The van der Waals surface area contributed by atoms with E-state index in [-0.39, 0.29) is 18.5 Å². The highest BCUT2D eigenvalue weighted by molar-refractivity contribution is 5.76. The van der Waals surface area contributed by atoms with Crippen LogP contribution < -0.4 is 5.32 Å². The lowest BCUT2D eigenvalue weighted by molar-refractivity contribution is -0.302. The Morgan fingerprint density at radius 1 is 0.463 bits per heavy atom. The van der Waals surface area contributed by atoms with Crippen LogP contribution >= 0.6 is 0 Å². The second kappa shape index (κ2) is 60.1. The zero-order valence-corrected chi connectivity index (χ0v) is 52.9. The first-order valence-corrected chi connectivity index (χ1v) is 34.5. The number of ether oxygens (including phenoxy) is 3. The van der Waals surface area contributed by atoms with Crippen molar-refractivity contribution in [2.24, 2.45) is 0 Å². The molecule has 11 nitrogen and oxygen atoms in total. The van der Waals surface area contributed by atoms with Gasteiger partial charge in [-0.1, -0.05) is 260 Å². The van der Waals surface area contributed by atoms with Crippen molar-refractivity contribution in [1.29, 1.82) is 0 Å². The number of nitrogens with one attached hydrogen (secondary N) is 1. The van der Waals surface area contributed by atoms with E-state index in [1.807, 2.05) is 19.1 Å². The van der Waals surface area contributed by atoms with E-state index in [1.54, 1.807) is 6.08 Å². The predicted molar refractivity (Wildman–Crippen MR) is 343 cm³/mol. The fourth-order valence-electron chi connectivity index (χ4n) is 10.7. The summed E-state index contributed by atoms with van der Waals surface area (Å²) in [5.41, 5.74) is 0. The Hall–Kier alpha value is -2.64. The van der Waals surface area contributed by atoms with E-state index in [4.69, 9.17) is 14.2 Å². The minimum Gasteiger partial charge on any atom is -0.466 e. The monoisotopic (exact) mass is 1160 g/mol. The number of rotatable bonds is 60. The maximum atomic E-state index is 13.0.